The van der Waals surface area contributed by atoms with E-state index in [2.05, 4.69) is 13.0 Å². The van der Waals surface area contributed by atoms with Crippen molar-refractivity contribution in [3.8, 4) is 0 Å². The van der Waals surface area contributed by atoms with E-state index in [0.717, 1.165) is 0 Å². The van der Waals surface area contributed by atoms with Gasteiger partial charge in [0.1, 0.15) is 0 Å². The molecule has 0 saturated carbocycles. The topological polar surface area (TPSA) is 0 Å². The van der Waals surface area contributed by atoms with Gasteiger partial charge >= 0.3 is 0 Å². The van der Waals surface area contributed by atoms with E-state index in [1.807, 2.05) is 0 Å². The monoisotopic (exact) mass is 106 g/mol. The summed E-state index contributed by atoms with van der Waals surface area (Å²) in [5, 5.41) is 0. The van der Waals surface area contributed by atoms with E-state index in [1.54, 1.807) is 16.7 Å². The summed E-state index contributed by atoms with van der Waals surface area (Å²) in [7, 11) is 0. The van der Waals surface area contributed by atoms with E-state index >= 15 is 0 Å². The van der Waals surface area contributed by atoms with E-state index in [1.165, 1.54) is 19.3 Å². The lowest BCUT2D eigenvalue weighted by molar-refractivity contribution is 0.810. The van der Waals surface area contributed by atoms with Crippen LogP contribution in [0.2, 0.25) is 0 Å². The Bertz CT molecular complexity index is 179. The second kappa shape index (κ2) is 1.25. The van der Waals surface area contributed by atoms with Crippen molar-refractivity contribution in [1.29, 1.82) is 0 Å². The van der Waals surface area contributed by atoms with Crippen LogP contribution in [0.15, 0.2) is 22.8 Å². The first kappa shape index (κ1) is 4.37. The fraction of sp³-hybridized carbons (Fsp3) is 0.500. The lowest BCUT2D eigenvalue weighted by Gasteiger charge is -2.17. The quantitative estimate of drug-likeness (QED) is 0.445. The van der Waals surface area contributed by atoms with Crippen LogP contribution in [-0.4, -0.2) is 0 Å². The SMILES string of the molecule is CC1=CCC2=C1CC2. The van der Waals surface area contributed by atoms with Crippen LogP contribution in [0.25, 0.3) is 0 Å². The molecule has 2 aliphatic carbocycles. The van der Waals surface area contributed by atoms with Crippen molar-refractivity contribution < 1.29 is 0 Å². The van der Waals surface area contributed by atoms with Crippen molar-refractivity contribution >= 4 is 0 Å². The average molecular weight is 106 g/mol. The molecule has 0 atom stereocenters. The van der Waals surface area contributed by atoms with Crippen LogP contribution in [0.4, 0.5) is 0 Å². The Labute approximate surface area is 49.9 Å². The molecule has 42 valence electrons. The molecule has 0 fully saturated rings. The molecule has 8 heavy (non-hydrogen) atoms. The number of allylic oxidation sites excluding steroid dienone is 4. The van der Waals surface area contributed by atoms with Crippen molar-refractivity contribution in [1.82, 2.24) is 0 Å². The number of rotatable bonds is 0. The summed E-state index contributed by atoms with van der Waals surface area (Å²) in [5.74, 6) is 0. The first-order valence-corrected chi connectivity index (χ1v) is 3.26. The Hall–Kier alpha value is -0.520. The minimum absolute atomic E-state index is 1.27. The first-order valence-electron chi connectivity index (χ1n) is 3.26. The third-order valence-corrected chi connectivity index (χ3v) is 2.23. The second-order valence-corrected chi connectivity index (χ2v) is 2.67. The maximum Gasteiger partial charge on any atom is -0.0127 e. The van der Waals surface area contributed by atoms with Gasteiger partial charge in [-0.2, -0.15) is 0 Å². The molecule has 0 N–H and O–H groups in total. The van der Waals surface area contributed by atoms with E-state index in [-0.39, 0.29) is 0 Å². The van der Waals surface area contributed by atoms with Crippen LogP contribution < -0.4 is 0 Å². The molecular formula is C8H10. The van der Waals surface area contributed by atoms with Crippen LogP contribution >= 0.6 is 0 Å². The summed E-state index contributed by atoms with van der Waals surface area (Å²) in [5.41, 5.74) is 4.93. The van der Waals surface area contributed by atoms with E-state index in [4.69, 9.17) is 0 Å². The van der Waals surface area contributed by atoms with E-state index in [9.17, 15) is 0 Å². The molecule has 2 rings (SSSR count). The van der Waals surface area contributed by atoms with Gasteiger partial charge in [0.25, 0.3) is 0 Å². The molecular weight excluding hydrogens is 96.1 g/mol. The molecule has 0 radical (unpaired) electrons. The molecule has 0 unspecified atom stereocenters. The Morgan fingerprint density at radius 2 is 2.25 bits per heavy atom. The summed E-state index contributed by atoms with van der Waals surface area (Å²) < 4.78 is 0. The lowest BCUT2D eigenvalue weighted by atomic mass is 9.88. The largest absolute Gasteiger partial charge is 0.0772 e. The third-order valence-electron chi connectivity index (χ3n) is 2.23. The maximum atomic E-state index is 2.34. The van der Waals surface area contributed by atoms with Gasteiger partial charge < -0.3 is 0 Å². The summed E-state index contributed by atoms with van der Waals surface area (Å²) in [6, 6.07) is 0. The van der Waals surface area contributed by atoms with E-state index in [0.29, 0.717) is 0 Å². The van der Waals surface area contributed by atoms with Gasteiger partial charge in [0.2, 0.25) is 0 Å². The van der Waals surface area contributed by atoms with Crippen LogP contribution in [0, 0.1) is 0 Å². The van der Waals surface area contributed by atoms with Crippen LogP contribution in [0.1, 0.15) is 26.2 Å². The second-order valence-electron chi connectivity index (χ2n) is 2.67. The summed E-state index contributed by atoms with van der Waals surface area (Å²) in [6.07, 6.45) is 6.35. The Morgan fingerprint density at radius 1 is 1.38 bits per heavy atom. The fourth-order valence-corrected chi connectivity index (χ4v) is 1.53. The fourth-order valence-electron chi connectivity index (χ4n) is 1.53. The van der Waals surface area contributed by atoms with Crippen molar-refractivity contribution in [3.63, 3.8) is 0 Å². The summed E-state index contributed by atoms with van der Waals surface area (Å²) >= 11 is 0. The zero-order chi connectivity index (χ0) is 5.56. The van der Waals surface area contributed by atoms with Crippen LogP contribution in [0.5, 0.6) is 0 Å². The molecule has 0 aromatic rings. The molecule has 0 amide bonds. The highest BCUT2D eigenvalue weighted by molar-refractivity contribution is 5.46. The highest BCUT2D eigenvalue weighted by Gasteiger charge is 2.21. The van der Waals surface area contributed by atoms with Gasteiger partial charge in [-0.25, -0.2) is 0 Å². The Morgan fingerprint density at radius 3 is 2.50 bits per heavy atom. The minimum Gasteiger partial charge on any atom is -0.0772 e. The molecule has 0 spiro atoms. The predicted octanol–water partition coefficient (Wildman–Crippen LogP) is 2.43. The van der Waals surface area contributed by atoms with Crippen molar-refractivity contribution in [2.75, 3.05) is 0 Å². The van der Waals surface area contributed by atoms with Crippen LogP contribution in [-0.2, 0) is 0 Å². The third kappa shape index (κ3) is 0.360. The van der Waals surface area contributed by atoms with Gasteiger partial charge in [-0.1, -0.05) is 17.2 Å². The molecule has 0 aromatic heterocycles. The van der Waals surface area contributed by atoms with Gasteiger partial charge in [0.05, 0.1) is 0 Å². The molecule has 0 aromatic carbocycles. The molecule has 0 heterocycles. The number of hydrogen-bond donors (Lipinski definition) is 0. The molecule has 0 nitrogen and oxygen atoms in total. The molecule has 0 bridgehead atoms. The zero-order valence-electron chi connectivity index (χ0n) is 5.20. The molecule has 0 heteroatoms. The highest BCUT2D eigenvalue weighted by atomic mass is 14.3. The average Bonchev–Trinajstić information content (AvgIpc) is 1.80. The van der Waals surface area contributed by atoms with Gasteiger partial charge in [-0.3, -0.25) is 0 Å². The van der Waals surface area contributed by atoms with Gasteiger partial charge in [0, 0.05) is 0 Å². The smallest absolute Gasteiger partial charge is 0.0127 e. The predicted molar refractivity (Wildman–Crippen MR) is 34.6 cm³/mol. The Balaban J connectivity index is 2.40. The summed E-state index contributed by atoms with van der Waals surface area (Å²) in [6.45, 7) is 2.22. The summed E-state index contributed by atoms with van der Waals surface area (Å²) in [4.78, 5) is 0. The molecule has 0 aliphatic heterocycles. The molecule has 0 saturated heterocycles. The van der Waals surface area contributed by atoms with E-state index < -0.39 is 0 Å². The Kier molecular flexibility index (Phi) is 0.682. The first-order chi connectivity index (χ1) is 3.88. The number of hydrogen-bond acceptors (Lipinski definition) is 0. The van der Waals surface area contributed by atoms with Gasteiger partial charge in [-0.15, -0.1) is 0 Å². The minimum atomic E-state index is 1.27. The van der Waals surface area contributed by atoms with Gasteiger partial charge in [-0.05, 0) is 31.8 Å². The molecule has 2 aliphatic rings. The normalized spacial score (nSPS) is 24.9. The maximum absolute atomic E-state index is 2.34. The highest BCUT2D eigenvalue weighted by Crippen LogP contribution is 2.40. The van der Waals surface area contributed by atoms with Crippen molar-refractivity contribution in [3.05, 3.63) is 22.8 Å². The van der Waals surface area contributed by atoms with Gasteiger partial charge in [0.15, 0.2) is 0 Å². The van der Waals surface area contributed by atoms with Crippen molar-refractivity contribution in [2.45, 2.75) is 26.2 Å². The lowest BCUT2D eigenvalue weighted by Crippen LogP contribution is -1.98. The zero-order valence-corrected chi connectivity index (χ0v) is 5.20. The van der Waals surface area contributed by atoms with Crippen molar-refractivity contribution in [2.24, 2.45) is 0 Å². The van der Waals surface area contributed by atoms with Crippen LogP contribution in [0.3, 0.4) is 0 Å². The standard InChI is InChI=1S/C8H10/c1-6-2-3-7-4-5-8(6)7/h2H,3-5H2,1H3.